The van der Waals surface area contributed by atoms with Crippen LogP contribution in [0.4, 0.5) is 11.6 Å². The van der Waals surface area contributed by atoms with Gasteiger partial charge in [0.2, 0.25) is 11.7 Å². The predicted molar refractivity (Wildman–Crippen MR) is 115 cm³/mol. The number of aliphatic hydroxyl groups excluding tert-OH is 3. The number of nitrogens with zero attached hydrogens (tertiary/aromatic N) is 3. The molecule has 14 heteroatoms. The molecule has 4 rings (SSSR count). The highest BCUT2D eigenvalue weighted by molar-refractivity contribution is 5.90. The number of ether oxygens (including phenoxy) is 2. The van der Waals surface area contributed by atoms with Crippen molar-refractivity contribution in [1.82, 2.24) is 19.9 Å². The molecule has 3 heterocycles. The fourth-order valence-corrected chi connectivity index (χ4v) is 3.03. The third kappa shape index (κ3) is 4.56. The van der Waals surface area contributed by atoms with Crippen molar-refractivity contribution in [2.45, 2.75) is 18.8 Å². The molecule has 0 bridgehead atoms. The van der Waals surface area contributed by atoms with Gasteiger partial charge in [0.15, 0.2) is 23.0 Å². The molecule has 14 nitrogen and oxygen atoms in total. The molecule has 7 N–H and O–H groups in total. The van der Waals surface area contributed by atoms with Gasteiger partial charge in [-0.05, 0) is 24.3 Å². The molecular formula is C20H18N6O8. The first kappa shape index (κ1) is 22.5. The van der Waals surface area contributed by atoms with Crippen molar-refractivity contribution in [2.24, 2.45) is 0 Å². The second-order valence-electron chi connectivity index (χ2n) is 7.14. The van der Waals surface area contributed by atoms with Gasteiger partial charge in [-0.3, -0.25) is 9.78 Å². The van der Waals surface area contributed by atoms with Crippen LogP contribution in [0, 0.1) is 0 Å². The van der Waals surface area contributed by atoms with E-state index >= 15 is 0 Å². The summed E-state index contributed by atoms with van der Waals surface area (Å²) in [5.41, 5.74) is 6.44. The van der Waals surface area contributed by atoms with E-state index < -0.39 is 47.8 Å². The number of aliphatic hydroxyl groups is 3. The molecule has 1 aromatic carbocycles. The SMILES string of the molecule is Nc1nc2ncc(CNc3ccc(C(=O)OC[C@H](O)[C@H]4OC(=O)C(O)=C4O)cc3)nc2c(=O)[nH]1. The Labute approximate surface area is 189 Å². The Bertz CT molecular complexity index is 1350. The number of nitrogens with one attached hydrogen (secondary N) is 2. The quantitative estimate of drug-likeness (QED) is 0.244. The van der Waals surface area contributed by atoms with E-state index in [1.54, 1.807) is 12.1 Å². The predicted octanol–water partition coefficient (Wildman–Crippen LogP) is -0.322. The second-order valence-corrected chi connectivity index (χ2v) is 7.14. The van der Waals surface area contributed by atoms with Crippen LogP contribution in [0.5, 0.6) is 0 Å². The van der Waals surface area contributed by atoms with Gasteiger partial charge in [0.05, 0.1) is 24.0 Å². The number of nitrogen functional groups attached to an aromatic ring is 1. The van der Waals surface area contributed by atoms with Crippen molar-refractivity contribution >= 4 is 34.7 Å². The third-order valence-electron chi connectivity index (χ3n) is 4.75. The van der Waals surface area contributed by atoms with E-state index in [9.17, 15) is 29.7 Å². The van der Waals surface area contributed by atoms with Gasteiger partial charge in [0.1, 0.15) is 12.7 Å². The third-order valence-corrected chi connectivity index (χ3v) is 4.75. The van der Waals surface area contributed by atoms with Crippen molar-refractivity contribution in [2.75, 3.05) is 17.7 Å². The summed E-state index contributed by atoms with van der Waals surface area (Å²) in [5.74, 6) is -3.83. The Morgan fingerprint density at radius 1 is 1.24 bits per heavy atom. The number of aromatic amines is 1. The molecule has 176 valence electrons. The van der Waals surface area contributed by atoms with Crippen LogP contribution in [0.1, 0.15) is 16.1 Å². The molecule has 34 heavy (non-hydrogen) atoms. The lowest BCUT2D eigenvalue weighted by atomic mass is 10.2. The summed E-state index contributed by atoms with van der Waals surface area (Å²) in [7, 11) is 0. The van der Waals surface area contributed by atoms with Crippen molar-refractivity contribution in [1.29, 1.82) is 0 Å². The van der Waals surface area contributed by atoms with Gasteiger partial charge in [-0.15, -0.1) is 0 Å². The number of nitrogens with two attached hydrogens (primary N) is 1. The molecule has 0 fully saturated rings. The highest BCUT2D eigenvalue weighted by Gasteiger charge is 2.39. The number of esters is 2. The largest absolute Gasteiger partial charge is 0.505 e. The van der Waals surface area contributed by atoms with Crippen LogP contribution >= 0.6 is 0 Å². The number of anilines is 2. The molecule has 0 saturated heterocycles. The van der Waals surface area contributed by atoms with E-state index in [2.05, 4.69) is 30.0 Å². The summed E-state index contributed by atoms with van der Waals surface area (Å²) in [6.07, 6.45) is -1.64. The van der Waals surface area contributed by atoms with Crippen LogP contribution in [0.2, 0.25) is 0 Å². The zero-order valence-electron chi connectivity index (χ0n) is 17.3. The monoisotopic (exact) mass is 470 g/mol. The van der Waals surface area contributed by atoms with Crippen LogP contribution in [-0.4, -0.2) is 66.0 Å². The summed E-state index contributed by atoms with van der Waals surface area (Å²) in [6.45, 7) is -0.360. The summed E-state index contributed by atoms with van der Waals surface area (Å²) < 4.78 is 9.57. The van der Waals surface area contributed by atoms with E-state index in [0.29, 0.717) is 11.4 Å². The van der Waals surface area contributed by atoms with Gasteiger partial charge < -0.3 is 35.8 Å². The van der Waals surface area contributed by atoms with Gasteiger partial charge in [0, 0.05) is 5.69 Å². The van der Waals surface area contributed by atoms with Crippen LogP contribution in [0.15, 0.2) is 46.8 Å². The number of rotatable bonds is 7. The Kier molecular flexibility index (Phi) is 5.97. The first-order chi connectivity index (χ1) is 16.2. The first-order valence-corrected chi connectivity index (χ1v) is 9.76. The Hall–Kier alpha value is -4.72. The van der Waals surface area contributed by atoms with Gasteiger partial charge in [-0.25, -0.2) is 19.6 Å². The molecule has 2 aromatic heterocycles. The lowest BCUT2D eigenvalue weighted by molar-refractivity contribution is -0.147. The number of hydrogen-bond acceptors (Lipinski definition) is 13. The van der Waals surface area contributed by atoms with E-state index in [1.807, 2.05) is 0 Å². The van der Waals surface area contributed by atoms with E-state index in [0.717, 1.165) is 0 Å². The fraction of sp³-hybridized carbons (Fsp3) is 0.200. The summed E-state index contributed by atoms with van der Waals surface area (Å²) in [5, 5.41) is 31.8. The number of benzene rings is 1. The van der Waals surface area contributed by atoms with Crippen molar-refractivity contribution < 1.29 is 34.4 Å². The number of cyclic esters (lactones) is 1. The molecule has 1 aliphatic rings. The average Bonchev–Trinajstić information content (AvgIpc) is 3.08. The van der Waals surface area contributed by atoms with Gasteiger partial charge in [-0.1, -0.05) is 0 Å². The minimum Gasteiger partial charge on any atom is -0.505 e. The highest BCUT2D eigenvalue weighted by Crippen LogP contribution is 2.22. The van der Waals surface area contributed by atoms with Crippen molar-refractivity contribution in [3.05, 3.63) is 63.6 Å². The maximum Gasteiger partial charge on any atom is 0.377 e. The Morgan fingerprint density at radius 2 is 1.97 bits per heavy atom. The maximum atomic E-state index is 12.2. The lowest BCUT2D eigenvalue weighted by Gasteiger charge is -2.17. The summed E-state index contributed by atoms with van der Waals surface area (Å²) in [4.78, 5) is 49.8. The lowest BCUT2D eigenvalue weighted by Crippen LogP contribution is -2.33. The van der Waals surface area contributed by atoms with Crippen LogP contribution in [0.3, 0.4) is 0 Å². The molecular weight excluding hydrogens is 452 g/mol. The number of carbonyl (C=O) groups is 2. The van der Waals surface area contributed by atoms with E-state index in [1.165, 1.54) is 18.3 Å². The smallest absolute Gasteiger partial charge is 0.377 e. The zero-order chi connectivity index (χ0) is 24.4. The summed E-state index contributed by atoms with van der Waals surface area (Å²) >= 11 is 0. The van der Waals surface area contributed by atoms with Gasteiger partial charge >= 0.3 is 11.9 Å². The molecule has 1 aliphatic heterocycles. The molecule has 2 atom stereocenters. The standard InChI is InChI=1S/C20H18N6O8/c21-20-25-16-12(17(30)26-20)24-10(6-23-16)5-22-9-3-1-8(2-4-9)18(31)33-7-11(27)15-13(28)14(29)19(32)34-15/h1-4,6,11,15,22,27-29H,5,7H2,(H3,21,23,25,26,30)/t11-,15+/m0/s1. The molecule has 0 unspecified atom stereocenters. The van der Waals surface area contributed by atoms with Crippen LogP contribution < -0.4 is 16.6 Å². The molecule has 0 aliphatic carbocycles. The Balaban J connectivity index is 1.32. The van der Waals surface area contributed by atoms with Crippen LogP contribution in [-0.2, 0) is 20.8 Å². The fourth-order valence-electron chi connectivity index (χ4n) is 3.03. The molecule has 0 radical (unpaired) electrons. The first-order valence-electron chi connectivity index (χ1n) is 9.76. The average molecular weight is 470 g/mol. The number of fused-ring (bicyclic) bond motifs is 1. The molecule has 0 amide bonds. The second kappa shape index (κ2) is 9.03. The number of carbonyl (C=O) groups excluding carboxylic acids is 2. The van der Waals surface area contributed by atoms with Crippen molar-refractivity contribution in [3.8, 4) is 0 Å². The molecule has 0 spiro atoms. The molecule has 0 saturated carbocycles. The highest BCUT2D eigenvalue weighted by atomic mass is 16.6. The topological polar surface area (TPSA) is 223 Å². The number of H-pyrrole nitrogens is 1. The summed E-state index contributed by atoms with van der Waals surface area (Å²) in [6, 6.07) is 6.14. The van der Waals surface area contributed by atoms with E-state index in [4.69, 9.17) is 10.5 Å². The Morgan fingerprint density at radius 3 is 2.65 bits per heavy atom. The normalized spacial score (nSPS) is 16.4. The zero-order valence-corrected chi connectivity index (χ0v) is 17.3. The van der Waals surface area contributed by atoms with E-state index in [-0.39, 0.29) is 29.2 Å². The molecule has 3 aromatic rings. The van der Waals surface area contributed by atoms with Gasteiger partial charge in [-0.2, -0.15) is 4.98 Å². The minimum atomic E-state index is -1.57. The van der Waals surface area contributed by atoms with Crippen molar-refractivity contribution in [3.63, 3.8) is 0 Å². The van der Waals surface area contributed by atoms with Crippen LogP contribution in [0.25, 0.3) is 11.2 Å². The maximum absolute atomic E-state index is 12.2. The van der Waals surface area contributed by atoms with Gasteiger partial charge in [0.25, 0.3) is 5.56 Å². The minimum absolute atomic E-state index is 0.0537. The number of aromatic nitrogens is 4. The number of hydrogen-bond donors (Lipinski definition) is 6.